The summed E-state index contributed by atoms with van der Waals surface area (Å²) in [5.74, 6) is -0.0515. The van der Waals surface area contributed by atoms with Gasteiger partial charge in [-0.2, -0.15) is 5.10 Å². The number of fused-ring (bicyclic) bond motifs is 1. The zero-order valence-electron chi connectivity index (χ0n) is 8.34. The van der Waals surface area contributed by atoms with Crippen LogP contribution >= 0.6 is 0 Å². The number of nitrogens with zero attached hydrogens (tertiary/aromatic N) is 1. The van der Waals surface area contributed by atoms with Crippen LogP contribution in [0, 0.1) is 0 Å². The maximum atomic E-state index is 11.7. The SMILES string of the molecule is CC(N)C(=O)c1n[nH]c2c1CCCC2. The molecule has 0 saturated heterocycles. The van der Waals surface area contributed by atoms with Crippen LogP contribution in [0.4, 0.5) is 0 Å². The number of H-pyrrole nitrogens is 1. The average molecular weight is 193 g/mol. The summed E-state index contributed by atoms with van der Waals surface area (Å²) in [6.45, 7) is 1.70. The van der Waals surface area contributed by atoms with Crippen molar-refractivity contribution in [3.8, 4) is 0 Å². The van der Waals surface area contributed by atoms with Crippen molar-refractivity contribution in [2.45, 2.75) is 38.6 Å². The third-order valence-electron chi connectivity index (χ3n) is 2.70. The van der Waals surface area contributed by atoms with Crippen LogP contribution in [0.25, 0.3) is 0 Å². The Balaban J connectivity index is 2.35. The molecule has 1 unspecified atom stereocenters. The van der Waals surface area contributed by atoms with E-state index in [0.717, 1.165) is 30.5 Å². The number of nitrogens with two attached hydrogens (primary N) is 1. The molecule has 14 heavy (non-hydrogen) atoms. The van der Waals surface area contributed by atoms with Gasteiger partial charge in [-0.05, 0) is 32.6 Å². The van der Waals surface area contributed by atoms with Gasteiger partial charge in [-0.1, -0.05) is 0 Å². The van der Waals surface area contributed by atoms with Gasteiger partial charge in [-0.3, -0.25) is 9.89 Å². The lowest BCUT2D eigenvalue weighted by atomic mass is 9.94. The number of aromatic nitrogens is 2. The number of hydrogen-bond donors (Lipinski definition) is 2. The Bertz CT molecular complexity index is 354. The maximum Gasteiger partial charge on any atom is 0.199 e. The van der Waals surface area contributed by atoms with Crippen molar-refractivity contribution < 1.29 is 4.79 Å². The molecule has 1 aromatic rings. The molecule has 0 fully saturated rings. The summed E-state index contributed by atoms with van der Waals surface area (Å²) in [5.41, 5.74) is 8.34. The number of carbonyl (C=O) groups is 1. The zero-order chi connectivity index (χ0) is 10.1. The first-order valence-electron chi connectivity index (χ1n) is 5.06. The molecule has 4 nitrogen and oxygen atoms in total. The second-order valence-electron chi connectivity index (χ2n) is 3.89. The highest BCUT2D eigenvalue weighted by Gasteiger charge is 2.23. The standard InChI is InChI=1S/C10H15N3O/c1-6(11)10(14)9-7-4-2-3-5-8(7)12-13-9/h6H,2-5,11H2,1H3,(H,12,13). The molecule has 76 valence electrons. The molecular weight excluding hydrogens is 178 g/mol. The lowest BCUT2D eigenvalue weighted by Gasteiger charge is -2.11. The van der Waals surface area contributed by atoms with E-state index in [4.69, 9.17) is 5.73 Å². The fourth-order valence-electron chi connectivity index (χ4n) is 1.90. The predicted molar refractivity (Wildman–Crippen MR) is 53.2 cm³/mol. The van der Waals surface area contributed by atoms with Gasteiger partial charge in [-0.15, -0.1) is 0 Å². The fraction of sp³-hybridized carbons (Fsp3) is 0.600. The summed E-state index contributed by atoms with van der Waals surface area (Å²) in [4.78, 5) is 11.7. The van der Waals surface area contributed by atoms with Crippen LogP contribution in [-0.4, -0.2) is 22.0 Å². The van der Waals surface area contributed by atoms with E-state index in [1.165, 1.54) is 6.42 Å². The van der Waals surface area contributed by atoms with Gasteiger partial charge in [0.25, 0.3) is 0 Å². The van der Waals surface area contributed by atoms with Crippen LogP contribution < -0.4 is 5.73 Å². The first-order valence-corrected chi connectivity index (χ1v) is 5.06. The van der Waals surface area contributed by atoms with Gasteiger partial charge in [0.05, 0.1) is 6.04 Å². The summed E-state index contributed by atoms with van der Waals surface area (Å²) in [7, 11) is 0. The van der Waals surface area contributed by atoms with E-state index in [9.17, 15) is 4.79 Å². The number of nitrogens with one attached hydrogen (secondary N) is 1. The molecule has 0 aromatic carbocycles. The summed E-state index contributed by atoms with van der Waals surface area (Å²) >= 11 is 0. The molecule has 2 rings (SSSR count). The molecule has 1 aliphatic rings. The first kappa shape index (κ1) is 9.40. The zero-order valence-corrected chi connectivity index (χ0v) is 8.34. The van der Waals surface area contributed by atoms with Crippen LogP contribution in [0.2, 0.25) is 0 Å². The number of aromatic amines is 1. The van der Waals surface area contributed by atoms with Crippen LogP contribution in [0.5, 0.6) is 0 Å². The second-order valence-corrected chi connectivity index (χ2v) is 3.89. The van der Waals surface area contributed by atoms with Crippen molar-refractivity contribution in [3.05, 3.63) is 17.0 Å². The van der Waals surface area contributed by atoms with Gasteiger partial charge in [0.1, 0.15) is 5.69 Å². The van der Waals surface area contributed by atoms with Crippen molar-refractivity contribution in [2.24, 2.45) is 5.73 Å². The lowest BCUT2D eigenvalue weighted by Crippen LogP contribution is -2.28. The molecule has 0 spiro atoms. The molecule has 1 atom stereocenters. The lowest BCUT2D eigenvalue weighted by molar-refractivity contribution is 0.0962. The topological polar surface area (TPSA) is 71.8 Å². The van der Waals surface area contributed by atoms with Crippen molar-refractivity contribution in [3.63, 3.8) is 0 Å². The molecular formula is C10H15N3O. The fourth-order valence-corrected chi connectivity index (χ4v) is 1.90. The number of carbonyl (C=O) groups excluding carboxylic acids is 1. The Morgan fingerprint density at radius 2 is 2.21 bits per heavy atom. The smallest absolute Gasteiger partial charge is 0.199 e. The highest BCUT2D eigenvalue weighted by atomic mass is 16.1. The summed E-state index contributed by atoms with van der Waals surface area (Å²) in [6, 6.07) is -0.454. The Hall–Kier alpha value is -1.16. The van der Waals surface area contributed by atoms with Crippen LogP contribution in [0.3, 0.4) is 0 Å². The van der Waals surface area contributed by atoms with E-state index in [2.05, 4.69) is 10.2 Å². The number of hydrogen-bond acceptors (Lipinski definition) is 3. The minimum Gasteiger partial charge on any atom is -0.321 e. The van der Waals surface area contributed by atoms with Gasteiger partial charge in [0, 0.05) is 11.3 Å². The van der Waals surface area contributed by atoms with Crippen molar-refractivity contribution in [1.29, 1.82) is 0 Å². The van der Waals surface area contributed by atoms with Crippen LogP contribution in [0.15, 0.2) is 0 Å². The molecule has 1 heterocycles. The minimum absolute atomic E-state index is 0.0515. The molecule has 4 heteroatoms. The third-order valence-corrected chi connectivity index (χ3v) is 2.70. The number of ketones is 1. The molecule has 0 radical (unpaired) electrons. The van der Waals surface area contributed by atoms with E-state index in [1.807, 2.05) is 0 Å². The molecule has 0 saturated carbocycles. The Morgan fingerprint density at radius 1 is 1.50 bits per heavy atom. The summed E-state index contributed by atoms with van der Waals surface area (Å²) in [6.07, 6.45) is 4.29. The Labute approximate surface area is 82.9 Å². The van der Waals surface area contributed by atoms with E-state index < -0.39 is 6.04 Å². The average Bonchev–Trinajstić information content (AvgIpc) is 2.60. The summed E-state index contributed by atoms with van der Waals surface area (Å²) in [5, 5.41) is 7.00. The van der Waals surface area contributed by atoms with Gasteiger partial charge in [-0.25, -0.2) is 0 Å². The first-order chi connectivity index (χ1) is 6.70. The van der Waals surface area contributed by atoms with E-state index in [0.29, 0.717) is 5.69 Å². The quantitative estimate of drug-likeness (QED) is 0.683. The van der Waals surface area contributed by atoms with Gasteiger partial charge < -0.3 is 5.73 Å². The van der Waals surface area contributed by atoms with Crippen LogP contribution in [-0.2, 0) is 12.8 Å². The van der Waals surface area contributed by atoms with Crippen molar-refractivity contribution in [2.75, 3.05) is 0 Å². The van der Waals surface area contributed by atoms with Gasteiger partial charge in [0.2, 0.25) is 0 Å². The number of aryl methyl sites for hydroxylation is 1. The van der Waals surface area contributed by atoms with Crippen molar-refractivity contribution in [1.82, 2.24) is 10.2 Å². The van der Waals surface area contributed by atoms with Crippen LogP contribution in [0.1, 0.15) is 41.5 Å². The van der Waals surface area contributed by atoms with Gasteiger partial charge in [0.15, 0.2) is 5.78 Å². The third kappa shape index (κ3) is 1.46. The maximum absolute atomic E-state index is 11.7. The molecule has 0 bridgehead atoms. The summed E-state index contributed by atoms with van der Waals surface area (Å²) < 4.78 is 0. The van der Waals surface area contributed by atoms with Crippen molar-refractivity contribution >= 4 is 5.78 Å². The Kier molecular flexibility index (Phi) is 2.37. The molecule has 0 amide bonds. The normalized spacial score (nSPS) is 17.6. The minimum atomic E-state index is -0.454. The molecule has 1 aromatic heterocycles. The number of rotatable bonds is 2. The van der Waals surface area contributed by atoms with E-state index >= 15 is 0 Å². The Morgan fingerprint density at radius 3 is 2.93 bits per heavy atom. The highest BCUT2D eigenvalue weighted by Crippen LogP contribution is 2.22. The second kappa shape index (κ2) is 3.53. The predicted octanol–water partition coefficient (Wildman–Crippen LogP) is 0.818. The monoisotopic (exact) mass is 193 g/mol. The highest BCUT2D eigenvalue weighted by molar-refractivity contribution is 5.99. The van der Waals surface area contributed by atoms with Gasteiger partial charge >= 0.3 is 0 Å². The van der Waals surface area contributed by atoms with E-state index in [-0.39, 0.29) is 5.78 Å². The largest absolute Gasteiger partial charge is 0.321 e. The molecule has 1 aliphatic carbocycles. The molecule has 3 N–H and O–H groups in total. The molecule has 0 aliphatic heterocycles. The number of Topliss-reactive ketones (excluding diaryl/α,β-unsaturated/α-hetero) is 1. The van der Waals surface area contributed by atoms with E-state index in [1.54, 1.807) is 6.92 Å².